The lowest BCUT2D eigenvalue weighted by Gasteiger charge is -2.38. The highest BCUT2D eigenvalue weighted by atomic mass is 19.1. The maximum atomic E-state index is 13.1. The van der Waals surface area contributed by atoms with Crippen molar-refractivity contribution in [1.29, 1.82) is 0 Å². The third-order valence-corrected chi connectivity index (χ3v) is 5.69. The van der Waals surface area contributed by atoms with Crippen LogP contribution in [0.15, 0.2) is 36.4 Å². The summed E-state index contributed by atoms with van der Waals surface area (Å²) in [4.78, 5) is 21.8. The number of carboxylic acid groups (broad SMARTS) is 2. The van der Waals surface area contributed by atoms with Gasteiger partial charge in [-0.05, 0) is 55.0 Å². The lowest BCUT2D eigenvalue weighted by atomic mass is 9.72. The molecule has 2 aromatic carbocycles. The standard InChI is InChI=1S/C13H17FO.C10H11NO4/c1-10-5-2-3-8-13(10,15)11-6-4-7-12(14)9-11;1-5-3-4-6(9(12)13)8(11-2)7(5)10(14)15/h4,6-7,9-10,15H,2-3,5,8H2,1H3;3-4,11H,1-2H3,(H,12,13)(H,14,15). The summed E-state index contributed by atoms with van der Waals surface area (Å²) in [6, 6.07) is 9.24. The van der Waals surface area contributed by atoms with Crippen LogP contribution in [0.3, 0.4) is 0 Å². The molecular weight excluding hydrogens is 389 g/mol. The average molecular weight is 417 g/mol. The second-order valence-corrected chi connectivity index (χ2v) is 7.62. The fourth-order valence-corrected chi connectivity index (χ4v) is 3.94. The predicted molar refractivity (Wildman–Crippen MR) is 113 cm³/mol. The van der Waals surface area contributed by atoms with Crippen LogP contribution in [0.5, 0.6) is 0 Å². The number of nitrogens with one attached hydrogen (secondary N) is 1. The van der Waals surface area contributed by atoms with Crippen molar-refractivity contribution in [1.82, 2.24) is 0 Å². The summed E-state index contributed by atoms with van der Waals surface area (Å²) < 4.78 is 13.1. The summed E-state index contributed by atoms with van der Waals surface area (Å²) >= 11 is 0. The summed E-state index contributed by atoms with van der Waals surface area (Å²) in [6.07, 6.45) is 3.96. The number of halogens is 1. The van der Waals surface area contributed by atoms with E-state index in [1.165, 1.54) is 37.7 Å². The molecule has 7 heteroatoms. The van der Waals surface area contributed by atoms with Gasteiger partial charge < -0.3 is 20.6 Å². The number of aromatic carboxylic acids is 2. The molecule has 0 aliphatic heterocycles. The van der Waals surface area contributed by atoms with Gasteiger partial charge in [-0.2, -0.15) is 0 Å². The smallest absolute Gasteiger partial charge is 0.338 e. The van der Waals surface area contributed by atoms with Gasteiger partial charge in [-0.25, -0.2) is 14.0 Å². The Labute approximate surface area is 175 Å². The third-order valence-electron chi connectivity index (χ3n) is 5.69. The Morgan fingerprint density at radius 1 is 1.13 bits per heavy atom. The minimum absolute atomic E-state index is 0.00241. The lowest BCUT2D eigenvalue weighted by molar-refractivity contribution is -0.0471. The average Bonchev–Trinajstić information content (AvgIpc) is 2.70. The normalized spacial score (nSPS) is 20.6. The minimum atomic E-state index is -1.15. The summed E-state index contributed by atoms with van der Waals surface area (Å²) in [5, 5.41) is 31.0. The fourth-order valence-electron chi connectivity index (χ4n) is 3.94. The van der Waals surface area contributed by atoms with Crippen LogP contribution < -0.4 is 5.32 Å². The van der Waals surface area contributed by atoms with E-state index in [2.05, 4.69) is 5.32 Å². The molecule has 30 heavy (non-hydrogen) atoms. The van der Waals surface area contributed by atoms with E-state index in [0.717, 1.165) is 24.8 Å². The van der Waals surface area contributed by atoms with Gasteiger partial charge in [0.2, 0.25) is 0 Å². The van der Waals surface area contributed by atoms with E-state index in [0.29, 0.717) is 5.56 Å². The van der Waals surface area contributed by atoms with Gasteiger partial charge in [0.25, 0.3) is 0 Å². The van der Waals surface area contributed by atoms with Crippen molar-refractivity contribution in [2.75, 3.05) is 12.4 Å². The van der Waals surface area contributed by atoms with Crippen molar-refractivity contribution < 1.29 is 29.3 Å². The number of aliphatic hydroxyl groups is 1. The van der Waals surface area contributed by atoms with E-state index >= 15 is 0 Å². The van der Waals surface area contributed by atoms with Crippen LogP contribution in [-0.2, 0) is 5.60 Å². The Morgan fingerprint density at radius 2 is 1.83 bits per heavy atom. The molecule has 2 unspecified atom stereocenters. The van der Waals surface area contributed by atoms with E-state index in [1.807, 2.05) is 13.0 Å². The molecule has 1 saturated carbocycles. The quantitative estimate of drug-likeness (QED) is 0.577. The minimum Gasteiger partial charge on any atom is -0.478 e. The van der Waals surface area contributed by atoms with Gasteiger partial charge in [-0.15, -0.1) is 0 Å². The topological polar surface area (TPSA) is 107 Å². The van der Waals surface area contributed by atoms with Crippen LogP contribution in [0.1, 0.15) is 64.4 Å². The molecule has 0 radical (unpaired) electrons. The maximum Gasteiger partial charge on any atom is 0.338 e. The molecule has 6 nitrogen and oxygen atoms in total. The van der Waals surface area contributed by atoms with Gasteiger partial charge in [0.1, 0.15) is 5.82 Å². The van der Waals surface area contributed by atoms with Crippen molar-refractivity contribution in [3.8, 4) is 0 Å². The van der Waals surface area contributed by atoms with Gasteiger partial charge in [0.15, 0.2) is 0 Å². The summed E-state index contributed by atoms with van der Waals surface area (Å²) in [5.41, 5.74) is 0.528. The summed E-state index contributed by atoms with van der Waals surface area (Å²) in [6.45, 7) is 3.67. The molecule has 0 heterocycles. The predicted octanol–water partition coefficient (Wildman–Crippen LogP) is 4.66. The first-order valence-electron chi connectivity index (χ1n) is 9.88. The van der Waals surface area contributed by atoms with Gasteiger partial charge in [0, 0.05) is 7.05 Å². The molecule has 0 aromatic heterocycles. The van der Waals surface area contributed by atoms with Gasteiger partial charge in [-0.1, -0.05) is 38.0 Å². The zero-order valence-corrected chi connectivity index (χ0v) is 17.4. The van der Waals surface area contributed by atoms with E-state index in [-0.39, 0.29) is 28.5 Å². The Balaban J connectivity index is 0.000000214. The molecule has 162 valence electrons. The number of carbonyl (C=O) groups is 2. The van der Waals surface area contributed by atoms with Gasteiger partial charge in [-0.3, -0.25) is 0 Å². The fraction of sp³-hybridized carbons (Fsp3) is 0.391. The highest BCUT2D eigenvalue weighted by Gasteiger charge is 2.37. The van der Waals surface area contributed by atoms with Gasteiger partial charge >= 0.3 is 11.9 Å². The van der Waals surface area contributed by atoms with Crippen LogP contribution in [-0.4, -0.2) is 34.3 Å². The molecule has 0 bridgehead atoms. The summed E-state index contributed by atoms with van der Waals surface area (Å²) in [7, 11) is 1.49. The number of aryl methyl sites for hydroxylation is 1. The maximum absolute atomic E-state index is 13.1. The second-order valence-electron chi connectivity index (χ2n) is 7.62. The van der Waals surface area contributed by atoms with E-state index in [1.54, 1.807) is 13.0 Å². The first-order chi connectivity index (χ1) is 14.1. The number of hydrogen-bond acceptors (Lipinski definition) is 4. The monoisotopic (exact) mass is 417 g/mol. The molecule has 1 aliphatic rings. The number of carboxylic acids is 2. The molecule has 3 rings (SSSR count). The van der Waals surface area contributed by atoms with Gasteiger partial charge in [0.05, 0.1) is 22.4 Å². The van der Waals surface area contributed by atoms with Crippen molar-refractivity contribution in [2.24, 2.45) is 5.92 Å². The van der Waals surface area contributed by atoms with E-state index in [9.17, 15) is 19.1 Å². The molecule has 2 atom stereocenters. The van der Waals surface area contributed by atoms with E-state index in [4.69, 9.17) is 10.2 Å². The molecule has 0 amide bonds. The van der Waals surface area contributed by atoms with Crippen LogP contribution >= 0.6 is 0 Å². The van der Waals surface area contributed by atoms with Crippen molar-refractivity contribution in [3.63, 3.8) is 0 Å². The molecule has 4 N–H and O–H groups in total. The molecular formula is C23H28FNO5. The second kappa shape index (κ2) is 9.71. The Bertz CT molecular complexity index is 930. The van der Waals surface area contributed by atoms with E-state index < -0.39 is 17.5 Å². The zero-order valence-electron chi connectivity index (χ0n) is 17.4. The van der Waals surface area contributed by atoms with Crippen molar-refractivity contribution in [2.45, 2.75) is 45.1 Å². The first kappa shape index (κ1) is 23.3. The number of anilines is 1. The van der Waals surface area contributed by atoms with Crippen molar-refractivity contribution >= 4 is 17.6 Å². The van der Waals surface area contributed by atoms with Crippen molar-refractivity contribution in [3.05, 3.63) is 64.5 Å². The zero-order chi connectivity index (χ0) is 22.5. The number of hydrogen-bond donors (Lipinski definition) is 4. The summed E-state index contributed by atoms with van der Waals surface area (Å²) in [5.74, 6) is -2.34. The third kappa shape index (κ3) is 4.97. The number of benzene rings is 2. The molecule has 0 saturated heterocycles. The van der Waals surface area contributed by atoms with Crippen LogP contribution in [0.2, 0.25) is 0 Å². The molecule has 1 aliphatic carbocycles. The highest BCUT2D eigenvalue weighted by Crippen LogP contribution is 2.41. The highest BCUT2D eigenvalue weighted by molar-refractivity contribution is 6.04. The Morgan fingerprint density at radius 3 is 2.37 bits per heavy atom. The molecule has 0 spiro atoms. The Kier molecular flexibility index (Phi) is 7.56. The number of rotatable bonds is 4. The largest absolute Gasteiger partial charge is 0.478 e. The Hall–Kier alpha value is -2.93. The van der Waals surface area contributed by atoms with Crippen LogP contribution in [0.25, 0.3) is 0 Å². The SMILES string of the molecule is CC1CCCCC1(O)c1cccc(F)c1.CNc1c(C(=O)O)ccc(C)c1C(=O)O. The molecule has 2 aromatic rings. The van der Waals surface area contributed by atoms with Crippen LogP contribution in [0.4, 0.5) is 10.1 Å². The lowest BCUT2D eigenvalue weighted by Crippen LogP contribution is -2.36. The first-order valence-corrected chi connectivity index (χ1v) is 9.88. The molecule has 1 fully saturated rings. The van der Waals surface area contributed by atoms with Crippen LogP contribution in [0, 0.1) is 18.7 Å².